The Morgan fingerprint density at radius 2 is 1.92 bits per heavy atom. The Balaban J connectivity index is 1.45. The third-order valence-corrected chi connectivity index (χ3v) is 4.87. The maximum absolute atomic E-state index is 12.5. The zero-order valence-electron chi connectivity index (χ0n) is 14.0. The van der Waals surface area contributed by atoms with E-state index in [1.54, 1.807) is 12.1 Å². The molecular weight excluding hydrogens is 318 g/mol. The van der Waals surface area contributed by atoms with Gasteiger partial charge in [0.1, 0.15) is 12.4 Å². The minimum Gasteiger partial charge on any atom is -0.508 e. The summed E-state index contributed by atoms with van der Waals surface area (Å²) in [5.74, 6) is 1.24. The van der Waals surface area contributed by atoms with Crippen LogP contribution in [-0.2, 0) is 24.2 Å². The minimum atomic E-state index is -0.684. The Morgan fingerprint density at radius 1 is 1.12 bits per heavy atom. The molecule has 5 nitrogen and oxygen atoms in total. The van der Waals surface area contributed by atoms with Gasteiger partial charge in [-0.15, -0.1) is 0 Å². The Bertz CT molecular complexity index is 802. The molecule has 2 aliphatic rings. The second-order valence-corrected chi connectivity index (χ2v) is 6.49. The van der Waals surface area contributed by atoms with E-state index < -0.39 is 6.10 Å². The van der Waals surface area contributed by atoms with Crippen molar-refractivity contribution < 1.29 is 19.4 Å². The first-order valence-corrected chi connectivity index (χ1v) is 8.71. The molecule has 0 aromatic heterocycles. The number of carbonyl (C=O) groups excluding carboxylic acids is 1. The predicted octanol–water partition coefficient (Wildman–Crippen LogP) is 2.73. The number of ether oxygens (including phenoxy) is 2. The van der Waals surface area contributed by atoms with Gasteiger partial charge >= 0.3 is 0 Å². The second kappa shape index (κ2) is 6.67. The Labute approximate surface area is 146 Å². The van der Waals surface area contributed by atoms with Gasteiger partial charge in [0.25, 0.3) is 5.91 Å². The first-order valence-electron chi connectivity index (χ1n) is 8.71. The average Bonchev–Trinajstić information content (AvgIpc) is 2.66. The molecule has 5 heteroatoms. The number of phenolic OH excluding ortho intramolecular Hbond substituents is 1. The van der Waals surface area contributed by atoms with E-state index in [9.17, 15) is 9.90 Å². The van der Waals surface area contributed by atoms with Gasteiger partial charge in [-0.1, -0.05) is 18.2 Å². The SMILES string of the molecule is O=C(NCc1c(O)ccc2c1CCCC2)[C@@H]1COc2ccccc2O1. The van der Waals surface area contributed by atoms with Gasteiger partial charge in [-0.25, -0.2) is 0 Å². The lowest BCUT2D eigenvalue weighted by Crippen LogP contribution is -2.43. The van der Waals surface area contributed by atoms with Crippen LogP contribution in [0.25, 0.3) is 0 Å². The number of para-hydroxylation sites is 2. The quantitative estimate of drug-likeness (QED) is 0.902. The zero-order valence-corrected chi connectivity index (χ0v) is 14.0. The second-order valence-electron chi connectivity index (χ2n) is 6.49. The van der Waals surface area contributed by atoms with Gasteiger partial charge in [-0.2, -0.15) is 0 Å². The van der Waals surface area contributed by atoms with Crippen LogP contribution in [0.2, 0.25) is 0 Å². The molecule has 2 aromatic carbocycles. The molecule has 1 heterocycles. The van der Waals surface area contributed by atoms with Crippen molar-refractivity contribution in [1.29, 1.82) is 0 Å². The van der Waals surface area contributed by atoms with Gasteiger partial charge in [0.2, 0.25) is 6.10 Å². The summed E-state index contributed by atoms with van der Waals surface area (Å²) in [4.78, 5) is 12.5. The number of amides is 1. The number of carbonyl (C=O) groups is 1. The molecule has 4 rings (SSSR count). The number of phenols is 1. The molecule has 130 valence electrons. The number of fused-ring (bicyclic) bond motifs is 2. The molecule has 0 bridgehead atoms. The minimum absolute atomic E-state index is 0.182. The molecule has 1 amide bonds. The van der Waals surface area contributed by atoms with Gasteiger partial charge in [-0.3, -0.25) is 4.79 Å². The zero-order chi connectivity index (χ0) is 17.2. The van der Waals surface area contributed by atoms with Crippen LogP contribution in [0.1, 0.15) is 29.5 Å². The highest BCUT2D eigenvalue weighted by atomic mass is 16.6. The lowest BCUT2D eigenvalue weighted by molar-refractivity contribution is -0.130. The van der Waals surface area contributed by atoms with Crippen LogP contribution in [0.3, 0.4) is 0 Å². The van der Waals surface area contributed by atoms with Crippen LogP contribution in [0, 0.1) is 0 Å². The number of hydrogen-bond donors (Lipinski definition) is 2. The number of hydrogen-bond acceptors (Lipinski definition) is 4. The van der Waals surface area contributed by atoms with Crippen LogP contribution in [0.4, 0.5) is 0 Å². The molecule has 0 fully saturated rings. The highest BCUT2D eigenvalue weighted by molar-refractivity contribution is 5.81. The maximum atomic E-state index is 12.5. The van der Waals surface area contributed by atoms with Crippen molar-refractivity contribution in [2.45, 2.75) is 38.3 Å². The summed E-state index contributed by atoms with van der Waals surface area (Å²) in [6.45, 7) is 0.483. The van der Waals surface area contributed by atoms with Crippen LogP contribution < -0.4 is 14.8 Å². The number of nitrogens with one attached hydrogen (secondary N) is 1. The molecule has 0 saturated heterocycles. The predicted molar refractivity (Wildman–Crippen MR) is 92.9 cm³/mol. The number of aryl methyl sites for hydroxylation is 1. The van der Waals surface area contributed by atoms with E-state index in [1.165, 1.54) is 17.5 Å². The van der Waals surface area contributed by atoms with E-state index in [4.69, 9.17) is 9.47 Å². The van der Waals surface area contributed by atoms with Crippen LogP contribution in [0.15, 0.2) is 36.4 Å². The van der Waals surface area contributed by atoms with Crippen molar-refractivity contribution in [3.05, 3.63) is 53.1 Å². The number of aromatic hydroxyl groups is 1. The maximum Gasteiger partial charge on any atom is 0.264 e. The first-order chi connectivity index (χ1) is 12.2. The standard InChI is InChI=1S/C20H21NO4/c22-16-10-9-13-5-1-2-6-14(13)15(16)11-21-20(23)19-12-24-17-7-3-4-8-18(17)25-19/h3-4,7-10,19,22H,1-2,5-6,11-12H2,(H,21,23)/t19-/m0/s1. The molecule has 2 N–H and O–H groups in total. The highest BCUT2D eigenvalue weighted by Crippen LogP contribution is 2.32. The van der Waals surface area contributed by atoms with Crippen LogP contribution in [0.5, 0.6) is 17.2 Å². The number of rotatable bonds is 3. The van der Waals surface area contributed by atoms with E-state index in [0.717, 1.165) is 24.8 Å². The third kappa shape index (κ3) is 3.14. The van der Waals surface area contributed by atoms with Crippen molar-refractivity contribution in [2.24, 2.45) is 0 Å². The highest BCUT2D eigenvalue weighted by Gasteiger charge is 2.27. The summed E-state index contributed by atoms with van der Waals surface area (Å²) in [5.41, 5.74) is 3.28. The normalized spacial score (nSPS) is 18.3. The van der Waals surface area contributed by atoms with E-state index in [1.807, 2.05) is 24.3 Å². The van der Waals surface area contributed by atoms with Crippen LogP contribution in [-0.4, -0.2) is 23.7 Å². The Hall–Kier alpha value is -2.69. The van der Waals surface area contributed by atoms with Crippen molar-refractivity contribution in [3.63, 3.8) is 0 Å². The molecule has 0 saturated carbocycles. The van der Waals surface area contributed by atoms with E-state index in [0.29, 0.717) is 18.0 Å². The average molecular weight is 339 g/mol. The fraction of sp³-hybridized carbons (Fsp3) is 0.350. The van der Waals surface area contributed by atoms with E-state index in [2.05, 4.69) is 5.32 Å². The molecule has 1 aliphatic carbocycles. The van der Waals surface area contributed by atoms with E-state index >= 15 is 0 Å². The molecule has 25 heavy (non-hydrogen) atoms. The van der Waals surface area contributed by atoms with Crippen molar-refractivity contribution >= 4 is 5.91 Å². The Kier molecular flexibility index (Phi) is 4.22. The van der Waals surface area contributed by atoms with Gasteiger partial charge in [0, 0.05) is 12.1 Å². The lowest BCUT2D eigenvalue weighted by Gasteiger charge is -2.26. The van der Waals surface area contributed by atoms with Gasteiger partial charge in [-0.05, 0) is 55.0 Å². The molecule has 0 spiro atoms. The number of benzene rings is 2. The molecular formula is C20H21NO4. The molecule has 2 aromatic rings. The largest absolute Gasteiger partial charge is 0.508 e. The fourth-order valence-corrected chi connectivity index (χ4v) is 3.53. The topological polar surface area (TPSA) is 67.8 Å². The summed E-state index contributed by atoms with van der Waals surface area (Å²) in [5, 5.41) is 13.1. The lowest BCUT2D eigenvalue weighted by atomic mass is 9.87. The summed E-state index contributed by atoms with van der Waals surface area (Å²) in [7, 11) is 0. The summed E-state index contributed by atoms with van der Waals surface area (Å²) >= 11 is 0. The van der Waals surface area contributed by atoms with Crippen molar-refractivity contribution in [1.82, 2.24) is 5.32 Å². The monoisotopic (exact) mass is 339 g/mol. The van der Waals surface area contributed by atoms with Gasteiger partial charge < -0.3 is 19.9 Å². The van der Waals surface area contributed by atoms with Crippen LogP contribution >= 0.6 is 0 Å². The third-order valence-electron chi connectivity index (χ3n) is 4.87. The van der Waals surface area contributed by atoms with Gasteiger partial charge in [0.05, 0.1) is 0 Å². The smallest absolute Gasteiger partial charge is 0.264 e. The summed E-state index contributed by atoms with van der Waals surface area (Å²) in [6.07, 6.45) is 3.60. The summed E-state index contributed by atoms with van der Waals surface area (Å²) in [6, 6.07) is 11.0. The fourth-order valence-electron chi connectivity index (χ4n) is 3.53. The first kappa shape index (κ1) is 15.8. The molecule has 0 unspecified atom stereocenters. The van der Waals surface area contributed by atoms with E-state index in [-0.39, 0.29) is 18.3 Å². The summed E-state index contributed by atoms with van der Waals surface area (Å²) < 4.78 is 11.3. The molecule has 1 atom stereocenters. The van der Waals surface area contributed by atoms with Gasteiger partial charge in [0.15, 0.2) is 11.5 Å². The van der Waals surface area contributed by atoms with Crippen molar-refractivity contribution in [2.75, 3.05) is 6.61 Å². The van der Waals surface area contributed by atoms with Crippen molar-refractivity contribution in [3.8, 4) is 17.2 Å². The molecule has 0 radical (unpaired) electrons. The molecule has 1 aliphatic heterocycles. The Morgan fingerprint density at radius 3 is 2.80 bits per heavy atom.